The van der Waals surface area contributed by atoms with E-state index in [1.165, 1.54) is 0 Å². The molecule has 4 heteroatoms. The molecule has 0 aliphatic heterocycles. The molecule has 56 valence electrons. The van der Waals surface area contributed by atoms with E-state index >= 15 is 0 Å². The number of rotatable bonds is 2. The first-order valence-electron chi connectivity index (χ1n) is 3.09. The van der Waals surface area contributed by atoms with Gasteiger partial charge in [-0.25, -0.2) is 0 Å². The minimum absolute atomic E-state index is 0.0556. The zero-order valence-electron chi connectivity index (χ0n) is 5.94. The number of hydrogen-bond donors (Lipinski definition) is 1. The quantitative estimate of drug-likeness (QED) is 0.678. The zero-order valence-corrected chi connectivity index (χ0v) is 5.94. The molecule has 1 aromatic rings. The van der Waals surface area contributed by atoms with Crippen molar-refractivity contribution in [2.24, 2.45) is 0 Å². The van der Waals surface area contributed by atoms with Crippen LogP contribution in [-0.2, 0) is 0 Å². The summed E-state index contributed by atoms with van der Waals surface area (Å²) in [6.45, 7) is 3.81. The second-order valence-corrected chi connectivity index (χ2v) is 1.90. The van der Waals surface area contributed by atoms with E-state index in [0.29, 0.717) is 12.3 Å². The Bertz CT molecular complexity index is 222. The lowest BCUT2D eigenvalue weighted by atomic mass is 10.5. The Morgan fingerprint density at radius 3 is 2.80 bits per heavy atom. The molecule has 0 fully saturated rings. The number of aromatic amines is 1. The standard InChI is InChI=1S/C6H9FN2O/c1-3-10-6-5(7)4(2)8-9-6/h3H2,1-2H3,(H,8,9). The molecule has 0 saturated heterocycles. The van der Waals surface area contributed by atoms with Crippen LogP contribution in [0.5, 0.6) is 5.88 Å². The van der Waals surface area contributed by atoms with E-state index in [0.717, 1.165) is 0 Å². The van der Waals surface area contributed by atoms with Gasteiger partial charge in [0.1, 0.15) is 0 Å². The minimum Gasteiger partial charge on any atom is -0.475 e. The number of nitrogens with one attached hydrogen (secondary N) is 1. The monoisotopic (exact) mass is 144 g/mol. The normalized spacial score (nSPS) is 9.90. The first kappa shape index (κ1) is 7.05. The average molecular weight is 144 g/mol. The van der Waals surface area contributed by atoms with Crippen molar-refractivity contribution < 1.29 is 9.13 Å². The highest BCUT2D eigenvalue weighted by Gasteiger charge is 2.08. The fraction of sp³-hybridized carbons (Fsp3) is 0.500. The van der Waals surface area contributed by atoms with Crippen LogP contribution in [0.1, 0.15) is 12.6 Å². The molecule has 1 heterocycles. The second kappa shape index (κ2) is 2.68. The summed E-state index contributed by atoms with van der Waals surface area (Å²) in [7, 11) is 0. The van der Waals surface area contributed by atoms with Crippen molar-refractivity contribution in [2.45, 2.75) is 13.8 Å². The van der Waals surface area contributed by atoms with Gasteiger partial charge in [0, 0.05) is 0 Å². The maximum atomic E-state index is 12.7. The van der Waals surface area contributed by atoms with Gasteiger partial charge in [-0.2, -0.15) is 4.39 Å². The molecule has 0 aliphatic carbocycles. The summed E-state index contributed by atoms with van der Waals surface area (Å²) in [5.41, 5.74) is 0.406. The third-order valence-electron chi connectivity index (χ3n) is 1.12. The summed E-state index contributed by atoms with van der Waals surface area (Å²) in [5.74, 6) is -0.346. The van der Waals surface area contributed by atoms with Crippen molar-refractivity contribution in [3.8, 4) is 5.88 Å². The molecule has 0 aliphatic rings. The molecular weight excluding hydrogens is 135 g/mol. The lowest BCUT2D eigenvalue weighted by Gasteiger charge is -1.94. The molecule has 1 rings (SSSR count). The van der Waals surface area contributed by atoms with E-state index in [2.05, 4.69) is 10.2 Å². The van der Waals surface area contributed by atoms with Crippen molar-refractivity contribution >= 4 is 0 Å². The van der Waals surface area contributed by atoms with Crippen LogP contribution in [0.15, 0.2) is 0 Å². The van der Waals surface area contributed by atoms with Gasteiger partial charge in [0.05, 0.1) is 12.3 Å². The van der Waals surface area contributed by atoms with E-state index in [1.807, 2.05) is 0 Å². The summed E-state index contributed by atoms with van der Waals surface area (Å²) >= 11 is 0. The van der Waals surface area contributed by atoms with E-state index < -0.39 is 5.82 Å². The van der Waals surface area contributed by atoms with Crippen molar-refractivity contribution in [1.82, 2.24) is 10.2 Å². The van der Waals surface area contributed by atoms with Crippen molar-refractivity contribution in [2.75, 3.05) is 6.61 Å². The minimum atomic E-state index is -0.401. The second-order valence-electron chi connectivity index (χ2n) is 1.90. The Labute approximate surface area is 58.2 Å². The number of aryl methyl sites for hydroxylation is 1. The Hall–Kier alpha value is -1.06. The van der Waals surface area contributed by atoms with Crippen molar-refractivity contribution in [3.05, 3.63) is 11.5 Å². The molecule has 1 aromatic heterocycles. The maximum Gasteiger partial charge on any atom is 0.269 e. The summed E-state index contributed by atoms with van der Waals surface area (Å²) < 4.78 is 17.6. The predicted molar refractivity (Wildman–Crippen MR) is 34.5 cm³/mol. The molecule has 0 amide bonds. The van der Waals surface area contributed by atoms with Gasteiger partial charge >= 0.3 is 0 Å². The highest BCUT2D eigenvalue weighted by Crippen LogP contribution is 2.14. The summed E-state index contributed by atoms with van der Waals surface area (Å²) in [6, 6.07) is 0. The Morgan fingerprint density at radius 2 is 2.40 bits per heavy atom. The fourth-order valence-corrected chi connectivity index (χ4v) is 0.626. The average Bonchev–Trinajstić information content (AvgIpc) is 2.20. The Morgan fingerprint density at radius 1 is 1.70 bits per heavy atom. The largest absolute Gasteiger partial charge is 0.475 e. The molecule has 0 bridgehead atoms. The van der Waals surface area contributed by atoms with Gasteiger partial charge in [-0.1, -0.05) is 0 Å². The third kappa shape index (κ3) is 1.10. The third-order valence-corrected chi connectivity index (χ3v) is 1.12. The number of halogens is 1. The highest BCUT2D eigenvalue weighted by molar-refractivity contribution is 5.15. The summed E-state index contributed by atoms with van der Waals surface area (Å²) in [5, 5.41) is 6.05. The van der Waals surface area contributed by atoms with Gasteiger partial charge in [0.2, 0.25) is 5.82 Å². The molecule has 0 unspecified atom stereocenters. The SMILES string of the molecule is CCOc1n[nH]c(C)c1F. The van der Waals surface area contributed by atoms with Gasteiger partial charge in [0.25, 0.3) is 5.88 Å². The smallest absolute Gasteiger partial charge is 0.269 e. The molecule has 0 atom stereocenters. The van der Waals surface area contributed by atoms with Gasteiger partial charge in [-0.05, 0) is 13.8 Å². The Balaban J connectivity index is 2.83. The van der Waals surface area contributed by atoms with Gasteiger partial charge < -0.3 is 4.74 Å². The fourth-order valence-electron chi connectivity index (χ4n) is 0.626. The summed E-state index contributed by atoms with van der Waals surface area (Å²) in [6.07, 6.45) is 0. The number of hydrogen-bond acceptors (Lipinski definition) is 2. The molecule has 10 heavy (non-hydrogen) atoms. The number of ether oxygens (including phenoxy) is 1. The number of aromatic nitrogens is 2. The maximum absolute atomic E-state index is 12.7. The van der Waals surface area contributed by atoms with Crippen molar-refractivity contribution in [1.29, 1.82) is 0 Å². The molecule has 0 radical (unpaired) electrons. The van der Waals surface area contributed by atoms with E-state index in [1.54, 1.807) is 13.8 Å². The molecule has 0 aromatic carbocycles. The van der Waals surface area contributed by atoms with Crippen LogP contribution >= 0.6 is 0 Å². The number of nitrogens with zero attached hydrogens (tertiary/aromatic N) is 1. The molecule has 0 spiro atoms. The molecular formula is C6H9FN2O. The zero-order chi connectivity index (χ0) is 7.56. The predicted octanol–water partition coefficient (Wildman–Crippen LogP) is 1.26. The number of H-pyrrole nitrogens is 1. The first-order chi connectivity index (χ1) is 4.75. The van der Waals surface area contributed by atoms with Crippen LogP contribution in [0.25, 0.3) is 0 Å². The first-order valence-corrected chi connectivity index (χ1v) is 3.09. The molecule has 3 nitrogen and oxygen atoms in total. The molecule has 0 saturated carbocycles. The topological polar surface area (TPSA) is 37.9 Å². The van der Waals surface area contributed by atoms with Crippen LogP contribution in [0, 0.1) is 12.7 Å². The van der Waals surface area contributed by atoms with Gasteiger partial charge in [-0.3, -0.25) is 5.10 Å². The van der Waals surface area contributed by atoms with Crippen LogP contribution in [-0.4, -0.2) is 16.8 Å². The highest BCUT2D eigenvalue weighted by atomic mass is 19.1. The lowest BCUT2D eigenvalue weighted by molar-refractivity contribution is 0.309. The van der Waals surface area contributed by atoms with Gasteiger partial charge in [-0.15, -0.1) is 5.10 Å². The van der Waals surface area contributed by atoms with Crippen LogP contribution in [0.4, 0.5) is 4.39 Å². The van der Waals surface area contributed by atoms with E-state index in [-0.39, 0.29) is 5.88 Å². The van der Waals surface area contributed by atoms with Crippen LogP contribution in [0.3, 0.4) is 0 Å². The Kier molecular flexibility index (Phi) is 1.89. The summed E-state index contributed by atoms with van der Waals surface area (Å²) in [4.78, 5) is 0. The van der Waals surface area contributed by atoms with Gasteiger partial charge in [0.15, 0.2) is 0 Å². The molecule has 1 N–H and O–H groups in total. The van der Waals surface area contributed by atoms with E-state index in [4.69, 9.17) is 4.74 Å². The van der Waals surface area contributed by atoms with E-state index in [9.17, 15) is 4.39 Å². The van der Waals surface area contributed by atoms with Crippen LogP contribution < -0.4 is 4.74 Å². The van der Waals surface area contributed by atoms with Crippen molar-refractivity contribution in [3.63, 3.8) is 0 Å². The van der Waals surface area contributed by atoms with Crippen LogP contribution in [0.2, 0.25) is 0 Å². The lowest BCUT2D eigenvalue weighted by Crippen LogP contribution is -1.93.